The number of aliphatic hydroxyl groups is 1. The quantitative estimate of drug-likeness (QED) is 0.258. The number of esters is 2. The highest BCUT2D eigenvalue weighted by Gasteiger charge is 2.78. The van der Waals surface area contributed by atoms with Crippen molar-refractivity contribution in [3.05, 3.63) is 60.1 Å². The summed E-state index contributed by atoms with van der Waals surface area (Å²) in [4.78, 5) is 51.5. The van der Waals surface area contributed by atoms with E-state index < -0.39 is 69.0 Å². The number of allylic oxidation sites excluding steroid dienone is 4. The maximum atomic E-state index is 17.7. The Bertz CT molecular complexity index is 1440. The van der Waals surface area contributed by atoms with Gasteiger partial charge in [0.2, 0.25) is 10.9 Å². The van der Waals surface area contributed by atoms with Crippen LogP contribution in [0.4, 0.5) is 8.78 Å². The first kappa shape index (κ1) is 33.3. The second-order valence-corrected chi connectivity index (χ2v) is 14.1. The Morgan fingerprint density at radius 2 is 1.96 bits per heavy atom. The summed E-state index contributed by atoms with van der Waals surface area (Å²) in [6.07, 6.45) is 5.71. The van der Waals surface area contributed by atoms with Crippen LogP contribution >= 0.6 is 11.8 Å². The van der Waals surface area contributed by atoms with E-state index in [9.17, 15) is 24.3 Å². The van der Waals surface area contributed by atoms with E-state index in [0.29, 0.717) is 12.8 Å². The van der Waals surface area contributed by atoms with Crippen LogP contribution in [0.3, 0.4) is 0 Å². The van der Waals surface area contributed by atoms with Crippen molar-refractivity contribution in [1.82, 2.24) is 0 Å². The normalized spacial score (nSPS) is 38.7. The minimum Gasteiger partial charge on any atom is -0.461 e. The first-order valence-electron chi connectivity index (χ1n) is 15.5. The molecule has 11 heteroatoms. The Labute approximate surface area is 265 Å². The molecule has 0 radical (unpaired) electrons. The molecule has 0 spiro atoms. The number of carbonyl (C=O) groups excluding carboxylic acids is 4. The summed E-state index contributed by atoms with van der Waals surface area (Å²) in [5.74, 6) is -3.87. The number of thioether (sulfide) groups is 1. The van der Waals surface area contributed by atoms with Crippen LogP contribution in [0, 0.1) is 28.6 Å². The summed E-state index contributed by atoms with van der Waals surface area (Å²) in [5.41, 5.74) is -6.98. The van der Waals surface area contributed by atoms with Crippen LogP contribution in [0.5, 0.6) is 0 Å². The molecule has 0 saturated heterocycles. The van der Waals surface area contributed by atoms with Crippen LogP contribution in [-0.4, -0.2) is 63.8 Å². The molecule has 1 aromatic heterocycles. The average Bonchev–Trinajstić information content (AvgIpc) is 3.60. The number of alkyl halides is 2. The molecule has 1 aromatic rings. The molecule has 0 aliphatic heterocycles. The largest absolute Gasteiger partial charge is 0.461 e. The second-order valence-electron chi connectivity index (χ2n) is 13.1. The third kappa shape index (κ3) is 5.14. The van der Waals surface area contributed by atoms with Crippen LogP contribution in [0.1, 0.15) is 70.4 Å². The Hall–Kier alpha value is -3.05. The van der Waals surface area contributed by atoms with E-state index in [4.69, 9.17) is 13.9 Å². The van der Waals surface area contributed by atoms with Gasteiger partial charge in [-0.1, -0.05) is 50.8 Å². The molecule has 0 bridgehead atoms. The van der Waals surface area contributed by atoms with Gasteiger partial charge in [0.15, 0.2) is 17.1 Å². The molecular weight excluding hydrogens is 606 g/mol. The molecular formula is C34H40F2O8S. The standard InChI is InChI=1S/C34H40F2O8S/c1-5-9-28(39)43-13-6-7-15-45-30(41)34(44-29(40)26-10-8-14-42-26)20(2)16-22-23-18-25(35)24-17-21(37)11-12-31(24,3)33(23,36)27(38)19-32(22,34)4/h6-8,10-12,14,17,20,22-23,25,27,38H,5,9,13,15-16,18-19H2,1-4H3/b7-6-/t20-,22+,23+,25+,27+,31+,32+,33+,34+/m1/s1. The van der Waals surface area contributed by atoms with Gasteiger partial charge in [0.05, 0.1) is 12.4 Å². The number of hydrogen-bond acceptors (Lipinski definition) is 9. The monoisotopic (exact) mass is 646 g/mol. The lowest BCUT2D eigenvalue weighted by atomic mass is 9.44. The third-order valence-corrected chi connectivity index (χ3v) is 11.6. The molecule has 5 rings (SSSR count). The summed E-state index contributed by atoms with van der Waals surface area (Å²) >= 11 is 0.906. The van der Waals surface area contributed by atoms with E-state index in [-0.39, 0.29) is 48.9 Å². The van der Waals surface area contributed by atoms with Crippen molar-refractivity contribution >= 4 is 34.6 Å². The van der Waals surface area contributed by atoms with Gasteiger partial charge in [0, 0.05) is 34.8 Å². The fraction of sp³-hybridized carbons (Fsp3) is 0.588. The van der Waals surface area contributed by atoms with Gasteiger partial charge in [-0.25, -0.2) is 13.6 Å². The minimum absolute atomic E-state index is 0.0109. The number of hydrogen-bond donors (Lipinski definition) is 1. The number of aliphatic hydroxyl groups excluding tert-OH is 1. The molecule has 244 valence electrons. The van der Waals surface area contributed by atoms with Crippen molar-refractivity contribution in [2.75, 3.05) is 12.4 Å². The molecule has 0 unspecified atom stereocenters. The molecule has 3 fully saturated rings. The van der Waals surface area contributed by atoms with Crippen molar-refractivity contribution in [3.8, 4) is 0 Å². The number of furan rings is 1. The van der Waals surface area contributed by atoms with Gasteiger partial charge in [-0.15, -0.1) is 0 Å². The van der Waals surface area contributed by atoms with Gasteiger partial charge in [-0.2, -0.15) is 0 Å². The van der Waals surface area contributed by atoms with E-state index in [1.807, 2.05) is 6.92 Å². The van der Waals surface area contributed by atoms with Crippen LogP contribution in [0.25, 0.3) is 0 Å². The van der Waals surface area contributed by atoms with Gasteiger partial charge in [0.25, 0.3) is 0 Å². The van der Waals surface area contributed by atoms with E-state index in [2.05, 4.69) is 0 Å². The maximum Gasteiger partial charge on any atom is 0.375 e. The SMILES string of the molecule is CCCC(=O)OC/C=C\CSC(=O)[C@@]1(OC(=O)c2ccco2)[C@H](C)C[C@H]2[C@@H]3C[C@H](F)C4=CC(=O)C=C[C@]4(C)[C@@]3(F)[C@@H](O)C[C@@]21C. The second kappa shape index (κ2) is 12.3. The lowest BCUT2D eigenvalue weighted by molar-refractivity contribution is -0.221. The highest BCUT2D eigenvalue weighted by molar-refractivity contribution is 8.14. The van der Waals surface area contributed by atoms with Crippen LogP contribution in [-0.2, 0) is 23.9 Å². The number of ketones is 1. The highest BCUT2D eigenvalue weighted by Crippen LogP contribution is 2.72. The number of fused-ring (bicyclic) bond motifs is 5. The summed E-state index contributed by atoms with van der Waals surface area (Å²) in [6, 6.07) is 2.93. The van der Waals surface area contributed by atoms with Crippen molar-refractivity contribution in [2.24, 2.45) is 28.6 Å². The fourth-order valence-electron chi connectivity index (χ4n) is 8.59. The molecule has 3 saturated carbocycles. The van der Waals surface area contributed by atoms with E-state index in [1.165, 1.54) is 37.5 Å². The summed E-state index contributed by atoms with van der Waals surface area (Å²) in [7, 11) is 0. The lowest BCUT2D eigenvalue weighted by Crippen LogP contribution is -2.70. The summed E-state index contributed by atoms with van der Waals surface area (Å²) in [5, 5.41) is 11.3. The molecule has 1 heterocycles. The van der Waals surface area contributed by atoms with Gasteiger partial charge in [-0.05, 0) is 68.4 Å². The predicted octanol–water partition coefficient (Wildman–Crippen LogP) is 5.90. The zero-order chi connectivity index (χ0) is 32.8. The Morgan fingerprint density at radius 1 is 1.20 bits per heavy atom. The van der Waals surface area contributed by atoms with Crippen molar-refractivity contribution in [2.45, 2.75) is 83.3 Å². The van der Waals surface area contributed by atoms with Crippen molar-refractivity contribution in [1.29, 1.82) is 0 Å². The molecule has 1 N–H and O–H groups in total. The van der Waals surface area contributed by atoms with Crippen LogP contribution in [0.15, 0.2) is 58.8 Å². The number of ether oxygens (including phenoxy) is 2. The van der Waals surface area contributed by atoms with Crippen molar-refractivity contribution < 1.29 is 47.0 Å². The van der Waals surface area contributed by atoms with E-state index in [1.54, 1.807) is 26.0 Å². The predicted molar refractivity (Wildman–Crippen MR) is 163 cm³/mol. The van der Waals surface area contributed by atoms with Crippen molar-refractivity contribution in [3.63, 3.8) is 0 Å². The Morgan fingerprint density at radius 3 is 2.64 bits per heavy atom. The summed E-state index contributed by atoms with van der Waals surface area (Å²) < 4.78 is 50.1. The lowest BCUT2D eigenvalue weighted by Gasteiger charge is -2.63. The number of carbonyl (C=O) groups is 4. The van der Waals surface area contributed by atoms with Gasteiger partial charge >= 0.3 is 11.9 Å². The van der Waals surface area contributed by atoms with Gasteiger partial charge in [0.1, 0.15) is 12.8 Å². The highest BCUT2D eigenvalue weighted by atomic mass is 32.2. The first-order chi connectivity index (χ1) is 21.3. The molecule has 4 aliphatic rings. The molecule has 9 atom stereocenters. The van der Waals surface area contributed by atoms with E-state index in [0.717, 1.165) is 17.8 Å². The maximum absolute atomic E-state index is 17.7. The topological polar surface area (TPSA) is 120 Å². The molecule has 0 aromatic carbocycles. The van der Waals surface area contributed by atoms with E-state index >= 15 is 8.78 Å². The molecule has 8 nitrogen and oxygen atoms in total. The minimum atomic E-state index is -2.34. The van der Waals surface area contributed by atoms with Gasteiger partial charge < -0.3 is 19.0 Å². The third-order valence-electron chi connectivity index (χ3n) is 10.7. The number of halogens is 2. The zero-order valence-corrected chi connectivity index (χ0v) is 26.7. The zero-order valence-electron chi connectivity index (χ0n) is 25.9. The smallest absolute Gasteiger partial charge is 0.375 e. The number of rotatable bonds is 9. The first-order valence-corrected chi connectivity index (χ1v) is 16.5. The molecule has 4 aliphatic carbocycles. The summed E-state index contributed by atoms with van der Waals surface area (Å²) in [6.45, 7) is 6.92. The Balaban J connectivity index is 1.49. The Kier molecular flexibility index (Phi) is 9.09. The van der Waals surface area contributed by atoms with Crippen LogP contribution < -0.4 is 0 Å². The molecule has 0 amide bonds. The fourth-order valence-corrected chi connectivity index (χ4v) is 9.67. The van der Waals surface area contributed by atoms with Gasteiger partial charge in [-0.3, -0.25) is 14.4 Å². The van der Waals surface area contributed by atoms with Crippen LogP contribution in [0.2, 0.25) is 0 Å². The average molecular weight is 647 g/mol. The molecule has 45 heavy (non-hydrogen) atoms.